The Morgan fingerprint density at radius 2 is 1.81 bits per heavy atom. The highest BCUT2D eigenvalue weighted by Gasteiger charge is 2.61. The average molecular weight is 572 g/mol. The van der Waals surface area contributed by atoms with Crippen molar-refractivity contribution in [2.24, 2.45) is 17.3 Å². The molecule has 2 atom stereocenters. The van der Waals surface area contributed by atoms with Gasteiger partial charge in [0, 0.05) is 1.59 Å². The van der Waals surface area contributed by atoms with Crippen molar-refractivity contribution >= 4 is 51.2 Å². The Hall–Kier alpha value is -0.890. The number of carbonyl (C=O) groups is 1. The number of carbonyl (C=O) groups excluding carboxylic acids is 1. The van der Waals surface area contributed by atoms with Crippen LogP contribution in [0.15, 0.2) is 56.2 Å². The van der Waals surface area contributed by atoms with Gasteiger partial charge >= 0.3 is 5.97 Å². The van der Waals surface area contributed by atoms with Gasteiger partial charge in [-0.1, -0.05) is 68.5 Å². The van der Waals surface area contributed by atoms with Crippen LogP contribution in [-0.4, -0.2) is 5.97 Å². The van der Waals surface area contributed by atoms with E-state index in [9.17, 15) is 4.79 Å². The molecule has 0 aliphatic heterocycles. The molecule has 26 heavy (non-hydrogen) atoms. The van der Waals surface area contributed by atoms with Crippen LogP contribution in [0.3, 0.4) is 0 Å². The number of hydrogen-bond donors (Lipinski definition) is 0. The number of rotatable bonds is 5. The monoisotopic (exact) mass is 572 g/mol. The van der Waals surface area contributed by atoms with Crippen LogP contribution in [0.4, 0.5) is 0 Å². The van der Waals surface area contributed by atoms with Crippen molar-refractivity contribution in [3.05, 3.63) is 67.3 Å². The van der Waals surface area contributed by atoms with Crippen molar-refractivity contribution in [2.75, 3.05) is 0 Å². The first-order valence-electron chi connectivity index (χ1n) is 8.65. The van der Waals surface area contributed by atoms with Crippen LogP contribution in [0.5, 0.6) is 0 Å². The normalized spacial score (nSPS) is 20.3. The number of benzene rings is 2. The van der Waals surface area contributed by atoms with Crippen LogP contribution < -0.4 is 0 Å². The van der Waals surface area contributed by atoms with Crippen LogP contribution in [0.2, 0.25) is 0 Å². The summed E-state index contributed by atoms with van der Waals surface area (Å²) in [5.74, 6) is 0.144. The van der Waals surface area contributed by atoms with E-state index in [1.54, 1.807) is 0 Å². The molecule has 0 radical (unpaired) electrons. The summed E-state index contributed by atoms with van der Waals surface area (Å²) >= 11 is 4.58. The zero-order valence-electron chi connectivity index (χ0n) is 15.1. The van der Waals surface area contributed by atoms with Gasteiger partial charge in [-0.05, 0) is 85.7 Å². The van der Waals surface area contributed by atoms with E-state index in [1.807, 2.05) is 30.3 Å². The first kappa shape index (κ1) is 19.9. The summed E-state index contributed by atoms with van der Waals surface area (Å²) in [5.41, 5.74) is 4.59. The van der Waals surface area contributed by atoms with E-state index in [0.29, 0.717) is 6.61 Å². The fourth-order valence-electron chi connectivity index (χ4n) is 3.58. The van der Waals surface area contributed by atoms with Crippen molar-refractivity contribution < 1.29 is 9.53 Å². The lowest BCUT2D eigenvalue weighted by atomic mass is 9.97. The average Bonchev–Trinajstić information content (AvgIpc) is 3.14. The third-order valence-electron chi connectivity index (χ3n) is 5.37. The molecule has 0 N–H and O–H groups in total. The molecule has 4 heteroatoms. The van der Waals surface area contributed by atoms with E-state index >= 15 is 0 Å². The van der Waals surface area contributed by atoms with Gasteiger partial charge < -0.3 is 4.74 Å². The van der Waals surface area contributed by atoms with Crippen LogP contribution in [0, 0.1) is 24.2 Å². The van der Waals surface area contributed by atoms with E-state index in [4.69, 9.17) is 4.74 Å². The maximum Gasteiger partial charge on any atom is 0.310 e. The lowest BCUT2D eigenvalue weighted by Gasteiger charge is -2.12. The third-order valence-corrected chi connectivity index (χ3v) is 6.09. The Morgan fingerprint density at radius 3 is 2.46 bits per heavy atom. The Labute approximate surface area is 182 Å². The van der Waals surface area contributed by atoms with Gasteiger partial charge in [-0.2, -0.15) is 0 Å². The lowest BCUT2D eigenvalue weighted by Crippen LogP contribution is -2.11. The molecule has 0 spiro atoms. The van der Waals surface area contributed by atoms with E-state index < -0.39 is 0 Å². The second kappa shape index (κ2) is 8.00. The molecule has 0 amide bonds. The molecule has 1 saturated carbocycles. The number of esters is 1. The zero-order valence-corrected chi connectivity index (χ0v) is 19.4. The first-order valence-corrected chi connectivity index (χ1v) is 10.8. The minimum Gasteiger partial charge on any atom is -0.461 e. The Morgan fingerprint density at radius 1 is 1.12 bits per heavy atom. The standard InChI is InChI=1S/C22H22I2O2/c1-14-16(10-7-11-17(14)15-8-5-4-6-9-15)13-26-21(25)20-18(12-19(23)24)22(20,2)3/h4-12,18,20H,13H2,1-3H3/t18-,20+/m1/s1. The van der Waals surface area contributed by atoms with E-state index in [2.05, 4.69) is 90.2 Å². The summed E-state index contributed by atoms with van der Waals surface area (Å²) in [6.07, 6.45) is 2.17. The minimum atomic E-state index is -0.0881. The van der Waals surface area contributed by atoms with Crippen molar-refractivity contribution in [1.82, 2.24) is 0 Å². The molecule has 1 fully saturated rings. The minimum absolute atomic E-state index is 0.0143. The van der Waals surface area contributed by atoms with Crippen molar-refractivity contribution in [1.29, 1.82) is 0 Å². The summed E-state index contributed by atoms with van der Waals surface area (Å²) in [6.45, 7) is 6.70. The highest BCUT2D eigenvalue weighted by molar-refractivity contribution is 14.2. The summed E-state index contributed by atoms with van der Waals surface area (Å²) in [4.78, 5) is 12.6. The third kappa shape index (κ3) is 4.16. The van der Waals surface area contributed by atoms with Gasteiger partial charge in [0.1, 0.15) is 6.61 Å². The maximum absolute atomic E-state index is 12.6. The Balaban J connectivity index is 1.71. The molecule has 2 nitrogen and oxygen atoms in total. The predicted octanol–water partition coefficient (Wildman–Crippen LogP) is 6.69. The number of halogens is 2. The van der Waals surface area contributed by atoms with Gasteiger partial charge in [-0.3, -0.25) is 4.79 Å². The van der Waals surface area contributed by atoms with Gasteiger partial charge in [0.05, 0.1) is 5.92 Å². The fourth-order valence-corrected chi connectivity index (χ4v) is 4.36. The Bertz CT molecular complexity index is 836. The van der Waals surface area contributed by atoms with Crippen LogP contribution in [-0.2, 0) is 16.1 Å². The van der Waals surface area contributed by atoms with Gasteiger partial charge in [-0.15, -0.1) is 0 Å². The number of hydrogen-bond acceptors (Lipinski definition) is 2. The SMILES string of the molecule is Cc1c(COC(=O)[C@@H]2[C@@H](C=C(I)I)C2(C)C)cccc1-c1ccccc1. The Kier molecular flexibility index (Phi) is 6.11. The quantitative estimate of drug-likeness (QED) is 0.295. The van der Waals surface area contributed by atoms with Crippen molar-refractivity contribution in [3.63, 3.8) is 0 Å². The predicted molar refractivity (Wildman–Crippen MR) is 123 cm³/mol. The molecule has 0 aromatic heterocycles. The van der Waals surface area contributed by atoms with Crippen molar-refractivity contribution in [2.45, 2.75) is 27.4 Å². The summed E-state index contributed by atoms with van der Waals surface area (Å²) in [5, 5.41) is 0. The van der Waals surface area contributed by atoms with Gasteiger partial charge in [-0.25, -0.2) is 0 Å². The van der Waals surface area contributed by atoms with Crippen molar-refractivity contribution in [3.8, 4) is 11.1 Å². The molecule has 136 valence electrons. The lowest BCUT2D eigenvalue weighted by molar-refractivity contribution is -0.147. The molecule has 0 saturated heterocycles. The van der Waals surface area contributed by atoms with E-state index in [1.165, 1.54) is 18.3 Å². The molecule has 1 aliphatic carbocycles. The molecule has 2 aromatic rings. The van der Waals surface area contributed by atoms with Gasteiger partial charge in [0.2, 0.25) is 0 Å². The summed E-state index contributed by atoms with van der Waals surface area (Å²) < 4.78 is 6.89. The number of allylic oxidation sites excluding steroid dienone is 1. The van der Waals surface area contributed by atoms with Crippen LogP contribution in [0.1, 0.15) is 25.0 Å². The first-order chi connectivity index (χ1) is 12.3. The summed E-state index contributed by atoms with van der Waals surface area (Å²) in [7, 11) is 0. The largest absolute Gasteiger partial charge is 0.461 e. The van der Waals surface area contributed by atoms with Gasteiger partial charge in [0.15, 0.2) is 0 Å². The fraction of sp³-hybridized carbons (Fsp3) is 0.318. The summed E-state index contributed by atoms with van der Waals surface area (Å²) in [6, 6.07) is 16.5. The molecular weight excluding hydrogens is 550 g/mol. The highest BCUT2D eigenvalue weighted by atomic mass is 127. The molecule has 1 aliphatic rings. The molecule has 0 unspecified atom stereocenters. The molecular formula is C22H22I2O2. The second-order valence-electron chi connectivity index (χ2n) is 7.34. The van der Waals surface area contributed by atoms with Crippen LogP contribution in [0.25, 0.3) is 11.1 Å². The van der Waals surface area contributed by atoms with Gasteiger partial charge in [0.25, 0.3) is 0 Å². The van der Waals surface area contributed by atoms with Crippen LogP contribution >= 0.6 is 45.2 Å². The number of ether oxygens (including phenoxy) is 1. The maximum atomic E-state index is 12.6. The molecule has 0 heterocycles. The zero-order chi connectivity index (χ0) is 18.9. The van der Waals surface area contributed by atoms with E-state index in [0.717, 1.165) is 5.56 Å². The highest BCUT2D eigenvalue weighted by Crippen LogP contribution is 2.60. The molecule has 2 aromatic carbocycles. The smallest absolute Gasteiger partial charge is 0.310 e. The molecule has 0 bridgehead atoms. The topological polar surface area (TPSA) is 26.3 Å². The molecule has 3 rings (SSSR count). The second-order valence-corrected chi connectivity index (χ2v) is 11.7. The van der Waals surface area contributed by atoms with E-state index in [-0.39, 0.29) is 23.2 Å².